The van der Waals surface area contributed by atoms with Crippen LogP contribution in [-0.4, -0.2) is 41.0 Å². The van der Waals surface area contributed by atoms with E-state index in [2.05, 4.69) is 0 Å². The normalized spacial score (nSPS) is 11.2. The van der Waals surface area contributed by atoms with Gasteiger partial charge in [0.15, 0.2) is 0 Å². The summed E-state index contributed by atoms with van der Waals surface area (Å²) in [5.74, 6) is -2.73. The standard InChI is InChI=1S/C21H24O8Si2/c1-16(22)26-30(27-17(2)23,20-11-7-5-8-12-20)15-31(28-18(3)24,29-19(4)25)21-13-9-6-10-14-21/h5-14H,15H2,1-4H3. The van der Waals surface area contributed by atoms with E-state index in [0.717, 1.165) is 0 Å². The average molecular weight is 461 g/mol. The fourth-order valence-electron chi connectivity index (χ4n) is 3.25. The van der Waals surface area contributed by atoms with Crippen molar-refractivity contribution in [1.29, 1.82) is 0 Å². The molecule has 0 aromatic heterocycles. The Kier molecular flexibility index (Phi) is 7.89. The molecular weight excluding hydrogens is 436 g/mol. The van der Waals surface area contributed by atoms with Crippen LogP contribution in [0.1, 0.15) is 27.7 Å². The van der Waals surface area contributed by atoms with E-state index >= 15 is 0 Å². The zero-order valence-corrected chi connectivity index (χ0v) is 19.7. The van der Waals surface area contributed by atoms with Crippen LogP contribution in [0.2, 0.25) is 5.67 Å². The van der Waals surface area contributed by atoms with Gasteiger partial charge in [0.05, 0.1) is 5.67 Å². The summed E-state index contributed by atoms with van der Waals surface area (Å²) in [6.07, 6.45) is 0. The average Bonchev–Trinajstić information content (AvgIpc) is 2.67. The quantitative estimate of drug-likeness (QED) is 0.546. The third kappa shape index (κ3) is 6.36. The monoisotopic (exact) mass is 460 g/mol. The van der Waals surface area contributed by atoms with Gasteiger partial charge in [-0.3, -0.25) is 19.2 Å². The highest BCUT2D eigenvalue weighted by molar-refractivity contribution is 6.99. The topological polar surface area (TPSA) is 105 Å². The van der Waals surface area contributed by atoms with Gasteiger partial charge in [-0.1, -0.05) is 60.7 Å². The van der Waals surface area contributed by atoms with Crippen LogP contribution in [0, 0.1) is 0 Å². The Morgan fingerprint density at radius 3 is 1.03 bits per heavy atom. The molecule has 2 aromatic carbocycles. The molecule has 0 aliphatic rings. The predicted octanol–water partition coefficient (Wildman–Crippen LogP) is 1.48. The van der Waals surface area contributed by atoms with Crippen molar-refractivity contribution in [3.8, 4) is 0 Å². The number of benzene rings is 2. The molecule has 0 spiro atoms. The number of hydrogen-bond acceptors (Lipinski definition) is 8. The Labute approximate surface area is 182 Å². The lowest BCUT2D eigenvalue weighted by atomic mass is 10.4. The van der Waals surface area contributed by atoms with Gasteiger partial charge in [-0.2, -0.15) is 0 Å². The van der Waals surface area contributed by atoms with Crippen LogP contribution >= 0.6 is 0 Å². The van der Waals surface area contributed by atoms with E-state index in [9.17, 15) is 19.2 Å². The third-order valence-corrected chi connectivity index (χ3v) is 12.7. The zero-order valence-electron chi connectivity index (χ0n) is 17.7. The molecule has 2 rings (SSSR count). The minimum absolute atomic E-state index is 0.258. The summed E-state index contributed by atoms with van der Waals surface area (Å²) in [5, 5.41) is 0.903. The van der Waals surface area contributed by atoms with Crippen molar-refractivity contribution in [3.63, 3.8) is 0 Å². The lowest BCUT2D eigenvalue weighted by Gasteiger charge is -2.36. The molecule has 0 heterocycles. The van der Waals surface area contributed by atoms with Crippen LogP contribution in [0.4, 0.5) is 0 Å². The molecule has 0 saturated heterocycles. The molecule has 0 radical (unpaired) electrons. The summed E-state index contributed by atoms with van der Waals surface area (Å²) in [6, 6.07) is 16.9. The first-order valence-corrected chi connectivity index (χ1v) is 13.5. The number of carbonyl (C=O) groups is 4. The van der Waals surface area contributed by atoms with Gasteiger partial charge in [0.25, 0.3) is 23.9 Å². The van der Waals surface area contributed by atoms with Gasteiger partial charge < -0.3 is 17.7 Å². The Morgan fingerprint density at radius 1 is 0.548 bits per heavy atom. The summed E-state index contributed by atoms with van der Waals surface area (Å²) >= 11 is 0. The van der Waals surface area contributed by atoms with Gasteiger partial charge in [0.1, 0.15) is 0 Å². The summed E-state index contributed by atoms with van der Waals surface area (Å²) in [4.78, 5) is 48.4. The van der Waals surface area contributed by atoms with E-state index in [1.807, 2.05) is 0 Å². The zero-order chi connectivity index (χ0) is 23.1. The third-order valence-electron chi connectivity index (χ3n) is 4.13. The maximum atomic E-state index is 12.1. The van der Waals surface area contributed by atoms with Crippen LogP contribution in [-0.2, 0) is 36.9 Å². The fourth-order valence-corrected chi connectivity index (χ4v) is 12.3. The summed E-state index contributed by atoms with van der Waals surface area (Å²) < 4.78 is 22.7. The van der Waals surface area contributed by atoms with Crippen molar-refractivity contribution in [2.75, 3.05) is 0 Å². The molecule has 0 atom stereocenters. The highest BCUT2D eigenvalue weighted by Crippen LogP contribution is 2.26. The SMILES string of the molecule is CC(=O)O[Si](C[Si](OC(C)=O)(OC(C)=O)c1ccccc1)(OC(C)=O)c1ccccc1. The molecule has 164 valence electrons. The molecule has 0 unspecified atom stereocenters. The van der Waals surface area contributed by atoms with Gasteiger partial charge >= 0.3 is 17.1 Å². The molecule has 0 saturated carbocycles. The van der Waals surface area contributed by atoms with Crippen LogP contribution in [0.25, 0.3) is 0 Å². The van der Waals surface area contributed by atoms with Crippen molar-refractivity contribution < 1.29 is 36.9 Å². The largest absolute Gasteiger partial charge is 0.504 e. The first kappa shape index (κ1) is 24.0. The Morgan fingerprint density at radius 2 is 0.806 bits per heavy atom. The van der Waals surface area contributed by atoms with E-state index in [0.29, 0.717) is 10.4 Å². The highest BCUT2D eigenvalue weighted by Gasteiger charge is 2.61. The van der Waals surface area contributed by atoms with Crippen molar-refractivity contribution >= 4 is 51.4 Å². The van der Waals surface area contributed by atoms with Crippen LogP contribution < -0.4 is 10.4 Å². The van der Waals surface area contributed by atoms with Gasteiger partial charge in [-0.05, 0) is 0 Å². The second-order valence-electron chi connectivity index (χ2n) is 6.79. The Hall–Kier alpha value is -3.25. The summed E-state index contributed by atoms with van der Waals surface area (Å²) in [7, 11) is -7.88. The molecule has 0 bridgehead atoms. The maximum absolute atomic E-state index is 12.1. The molecule has 10 heteroatoms. The van der Waals surface area contributed by atoms with Crippen LogP contribution in [0.15, 0.2) is 60.7 Å². The van der Waals surface area contributed by atoms with Gasteiger partial charge in [0.2, 0.25) is 0 Å². The van der Waals surface area contributed by atoms with Gasteiger partial charge in [-0.25, -0.2) is 0 Å². The first-order chi connectivity index (χ1) is 14.6. The van der Waals surface area contributed by atoms with Crippen LogP contribution in [0.5, 0.6) is 0 Å². The first-order valence-electron chi connectivity index (χ1n) is 9.48. The van der Waals surface area contributed by atoms with E-state index in [-0.39, 0.29) is 5.67 Å². The smallest absolute Gasteiger partial charge is 0.482 e. The number of rotatable bonds is 8. The predicted molar refractivity (Wildman–Crippen MR) is 116 cm³/mol. The van der Waals surface area contributed by atoms with E-state index < -0.39 is 41.0 Å². The lowest BCUT2D eigenvalue weighted by Crippen LogP contribution is -2.67. The number of carbonyl (C=O) groups excluding carboxylic acids is 4. The fraction of sp³-hybridized carbons (Fsp3) is 0.238. The van der Waals surface area contributed by atoms with E-state index in [4.69, 9.17) is 17.7 Å². The second-order valence-corrected chi connectivity index (χ2v) is 13.2. The summed E-state index contributed by atoms with van der Waals surface area (Å²) in [5.41, 5.74) is -0.258. The number of hydrogen-bond donors (Lipinski definition) is 0. The Balaban J connectivity index is 2.78. The molecule has 0 amide bonds. The van der Waals surface area contributed by atoms with Gasteiger partial charge in [0, 0.05) is 38.1 Å². The molecule has 2 aromatic rings. The van der Waals surface area contributed by atoms with Crippen LogP contribution in [0.3, 0.4) is 0 Å². The lowest BCUT2D eigenvalue weighted by molar-refractivity contribution is -0.139. The second kappa shape index (κ2) is 10.2. The van der Waals surface area contributed by atoms with E-state index in [1.165, 1.54) is 27.7 Å². The van der Waals surface area contributed by atoms with E-state index in [1.54, 1.807) is 60.7 Å². The minimum Gasteiger partial charge on any atom is -0.482 e. The van der Waals surface area contributed by atoms with Crippen molar-refractivity contribution in [2.45, 2.75) is 33.4 Å². The molecular formula is C21H24O8Si2. The highest BCUT2D eigenvalue weighted by atomic mass is 28.4. The molecule has 31 heavy (non-hydrogen) atoms. The molecule has 8 nitrogen and oxygen atoms in total. The Bertz CT molecular complexity index is 837. The molecule has 0 N–H and O–H groups in total. The minimum atomic E-state index is -3.94. The van der Waals surface area contributed by atoms with Crippen molar-refractivity contribution in [1.82, 2.24) is 0 Å². The van der Waals surface area contributed by atoms with Crippen molar-refractivity contribution in [2.24, 2.45) is 0 Å². The van der Waals surface area contributed by atoms with Gasteiger partial charge in [-0.15, -0.1) is 0 Å². The molecule has 0 aliphatic carbocycles. The van der Waals surface area contributed by atoms with Crippen molar-refractivity contribution in [3.05, 3.63) is 60.7 Å². The summed E-state index contributed by atoms with van der Waals surface area (Å²) in [6.45, 7) is 4.77. The molecule has 0 aliphatic heterocycles. The molecule has 0 fully saturated rings. The maximum Gasteiger partial charge on any atom is 0.504 e.